The van der Waals surface area contributed by atoms with E-state index in [0.717, 1.165) is 17.7 Å². The summed E-state index contributed by atoms with van der Waals surface area (Å²) in [5.74, 6) is 1.49. The van der Waals surface area contributed by atoms with Gasteiger partial charge >= 0.3 is 0 Å². The van der Waals surface area contributed by atoms with Crippen molar-refractivity contribution in [3.05, 3.63) is 82.4 Å². The first-order chi connectivity index (χ1) is 14.0. The standard InChI is InChI=1S/C25H27NO2S/c1-16-11-17(2)25(18(3)12-16)21-6-4-5-19(13-21)15-28-22-9-7-20(8-10-22)23-14-24(27)26-29-23/h4-11,13,18,23H,12,14-15H2,1-3H3,(H,26,27). The summed E-state index contributed by atoms with van der Waals surface area (Å²) in [6.45, 7) is 7.28. The second-order valence-corrected chi connectivity index (χ2v) is 9.10. The minimum absolute atomic E-state index is 0.100. The van der Waals surface area contributed by atoms with Crippen molar-refractivity contribution < 1.29 is 9.53 Å². The normalized spacial score (nSPS) is 21.8. The van der Waals surface area contributed by atoms with Crippen LogP contribution in [0.2, 0.25) is 0 Å². The maximum Gasteiger partial charge on any atom is 0.231 e. The number of nitrogens with one attached hydrogen (secondary N) is 1. The Hall–Kier alpha value is -2.46. The summed E-state index contributed by atoms with van der Waals surface area (Å²) in [6, 6.07) is 16.8. The lowest BCUT2D eigenvalue weighted by atomic mass is 9.81. The quantitative estimate of drug-likeness (QED) is 0.599. The molecule has 0 radical (unpaired) electrons. The summed E-state index contributed by atoms with van der Waals surface area (Å²) in [4.78, 5) is 11.4. The molecule has 1 heterocycles. The fraction of sp³-hybridized carbons (Fsp3) is 0.320. The highest BCUT2D eigenvalue weighted by atomic mass is 32.2. The maximum atomic E-state index is 11.4. The van der Waals surface area contributed by atoms with Crippen molar-refractivity contribution in [2.45, 2.75) is 45.5 Å². The Morgan fingerprint density at radius 3 is 2.59 bits per heavy atom. The van der Waals surface area contributed by atoms with Gasteiger partial charge in [0.05, 0.1) is 5.25 Å². The van der Waals surface area contributed by atoms with Gasteiger partial charge in [-0.05, 0) is 84.2 Å². The second kappa shape index (κ2) is 8.50. The highest BCUT2D eigenvalue weighted by molar-refractivity contribution is 7.98. The first kappa shape index (κ1) is 19.8. The third kappa shape index (κ3) is 4.59. The van der Waals surface area contributed by atoms with Crippen LogP contribution in [-0.2, 0) is 11.4 Å². The fourth-order valence-corrected chi connectivity index (χ4v) is 5.23. The summed E-state index contributed by atoms with van der Waals surface area (Å²) < 4.78 is 8.84. The molecule has 2 unspecified atom stereocenters. The van der Waals surface area contributed by atoms with Crippen LogP contribution in [0.4, 0.5) is 0 Å². The van der Waals surface area contributed by atoms with Gasteiger partial charge in [-0.25, -0.2) is 0 Å². The van der Waals surface area contributed by atoms with E-state index in [0.29, 0.717) is 18.9 Å². The molecule has 0 spiro atoms. The Morgan fingerprint density at radius 2 is 1.90 bits per heavy atom. The van der Waals surface area contributed by atoms with E-state index in [2.05, 4.69) is 68.0 Å². The first-order valence-electron chi connectivity index (χ1n) is 10.1. The van der Waals surface area contributed by atoms with Crippen molar-refractivity contribution in [3.8, 4) is 5.75 Å². The Morgan fingerprint density at radius 1 is 1.10 bits per heavy atom. The lowest BCUT2D eigenvalue weighted by Crippen LogP contribution is -2.07. The average Bonchev–Trinajstić information content (AvgIpc) is 3.13. The van der Waals surface area contributed by atoms with Gasteiger partial charge in [-0.2, -0.15) is 0 Å². The van der Waals surface area contributed by atoms with Gasteiger partial charge in [-0.15, -0.1) is 0 Å². The number of hydrogen-bond acceptors (Lipinski definition) is 3. The van der Waals surface area contributed by atoms with E-state index in [1.54, 1.807) is 0 Å². The van der Waals surface area contributed by atoms with Gasteiger partial charge in [-0.3, -0.25) is 9.52 Å². The van der Waals surface area contributed by atoms with Crippen molar-refractivity contribution in [1.29, 1.82) is 0 Å². The van der Waals surface area contributed by atoms with E-state index < -0.39 is 0 Å². The van der Waals surface area contributed by atoms with E-state index in [1.165, 1.54) is 39.8 Å². The minimum Gasteiger partial charge on any atom is -0.489 e. The monoisotopic (exact) mass is 405 g/mol. The van der Waals surface area contributed by atoms with Crippen molar-refractivity contribution in [2.75, 3.05) is 0 Å². The lowest BCUT2D eigenvalue weighted by Gasteiger charge is -2.24. The molecular weight excluding hydrogens is 378 g/mol. The molecular formula is C25H27NO2S. The first-order valence-corrected chi connectivity index (χ1v) is 11.0. The van der Waals surface area contributed by atoms with E-state index >= 15 is 0 Å². The van der Waals surface area contributed by atoms with Gasteiger partial charge in [0.2, 0.25) is 5.91 Å². The Labute approximate surface area is 177 Å². The zero-order chi connectivity index (χ0) is 20.4. The molecule has 0 bridgehead atoms. The smallest absolute Gasteiger partial charge is 0.231 e. The third-order valence-electron chi connectivity index (χ3n) is 5.59. The van der Waals surface area contributed by atoms with Crippen LogP contribution in [0.1, 0.15) is 55.6 Å². The number of allylic oxidation sites excluding steroid dienone is 4. The Bertz CT molecular complexity index is 975. The zero-order valence-corrected chi connectivity index (χ0v) is 18.0. The number of carbonyl (C=O) groups is 1. The molecule has 1 saturated heterocycles. The van der Waals surface area contributed by atoms with Crippen LogP contribution in [0.25, 0.3) is 5.57 Å². The summed E-state index contributed by atoms with van der Waals surface area (Å²) in [7, 11) is 0. The average molecular weight is 406 g/mol. The molecule has 1 aliphatic carbocycles. The molecule has 0 aromatic heterocycles. The van der Waals surface area contributed by atoms with E-state index in [-0.39, 0.29) is 11.2 Å². The number of amides is 1. The van der Waals surface area contributed by atoms with Gasteiger partial charge in [0.1, 0.15) is 12.4 Å². The Kier molecular flexibility index (Phi) is 5.81. The predicted molar refractivity (Wildman–Crippen MR) is 120 cm³/mol. The highest BCUT2D eigenvalue weighted by Crippen LogP contribution is 2.37. The molecule has 1 aliphatic heterocycles. The van der Waals surface area contributed by atoms with Crippen LogP contribution in [0, 0.1) is 5.92 Å². The molecule has 1 amide bonds. The zero-order valence-electron chi connectivity index (χ0n) is 17.2. The van der Waals surface area contributed by atoms with Gasteiger partial charge < -0.3 is 4.74 Å². The number of rotatable bonds is 5. The number of ether oxygens (including phenoxy) is 1. The summed E-state index contributed by atoms with van der Waals surface area (Å²) in [5.41, 5.74) is 7.89. The van der Waals surface area contributed by atoms with E-state index in [4.69, 9.17) is 4.74 Å². The fourth-order valence-electron chi connectivity index (χ4n) is 4.34. The number of benzene rings is 2. The predicted octanol–water partition coefficient (Wildman–Crippen LogP) is 6.23. The molecule has 2 aliphatic rings. The largest absolute Gasteiger partial charge is 0.489 e. The van der Waals surface area contributed by atoms with Crippen LogP contribution in [0.15, 0.2) is 65.8 Å². The molecule has 150 valence electrons. The molecule has 0 saturated carbocycles. The van der Waals surface area contributed by atoms with Crippen LogP contribution < -0.4 is 9.46 Å². The number of carbonyl (C=O) groups excluding carboxylic acids is 1. The molecule has 1 N–H and O–H groups in total. The lowest BCUT2D eigenvalue weighted by molar-refractivity contribution is -0.118. The summed E-state index contributed by atoms with van der Waals surface area (Å²) >= 11 is 1.49. The van der Waals surface area contributed by atoms with Gasteiger partial charge in [0.25, 0.3) is 0 Å². The molecule has 4 heteroatoms. The molecule has 4 rings (SSSR count). The summed E-state index contributed by atoms with van der Waals surface area (Å²) in [6.07, 6.45) is 3.98. The van der Waals surface area contributed by atoms with E-state index in [1.807, 2.05) is 12.1 Å². The topological polar surface area (TPSA) is 38.3 Å². The molecule has 2 atom stereocenters. The van der Waals surface area contributed by atoms with Crippen LogP contribution >= 0.6 is 11.9 Å². The molecule has 2 aromatic carbocycles. The molecule has 1 fully saturated rings. The van der Waals surface area contributed by atoms with Crippen LogP contribution in [-0.4, -0.2) is 5.91 Å². The molecule has 3 nitrogen and oxygen atoms in total. The van der Waals surface area contributed by atoms with Crippen molar-refractivity contribution >= 4 is 23.4 Å². The van der Waals surface area contributed by atoms with Crippen LogP contribution in [0.3, 0.4) is 0 Å². The van der Waals surface area contributed by atoms with Gasteiger partial charge in [0, 0.05) is 6.42 Å². The van der Waals surface area contributed by atoms with Crippen molar-refractivity contribution in [2.24, 2.45) is 5.92 Å². The van der Waals surface area contributed by atoms with Gasteiger partial charge in [-0.1, -0.05) is 48.9 Å². The number of hydrogen-bond donors (Lipinski definition) is 1. The minimum atomic E-state index is 0.100. The highest BCUT2D eigenvalue weighted by Gasteiger charge is 2.24. The van der Waals surface area contributed by atoms with E-state index in [9.17, 15) is 4.79 Å². The van der Waals surface area contributed by atoms with Crippen molar-refractivity contribution in [1.82, 2.24) is 4.72 Å². The SMILES string of the molecule is CC1=CC(C)=C(c2cccc(COc3ccc(C4CC(=O)NS4)cc3)c2)C(C)C1. The maximum absolute atomic E-state index is 11.4. The molecule has 29 heavy (non-hydrogen) atoms. The van der Waals surface area contributed by atoms with Crippen LogP contribution in [0.5, 0.6) is 5.75 Å². The third-order valence-corrected chi connectivity index (χ3v) is 6.66. The Balaban J connectivity index is 1.44. The second-order valence-electron chi connectivity index (χ2n) is 8.09. The van der Waals surface area contributed by atoms with Crippen molar-refractivity contribution in [3.63, 3.8) is 0 Å². The summed E-state index contributed by atoms with van der Waals surface area (Å²) in [5, 5.41) is 0.194. The van der Waals surface area contributed by atoms with Gasteiger partial charge in [0.15, 0.2) is 0 Å². The molecule has 2 aromatic rings.